The molecule has 2 N–H and O–H groups in total. The Labute approximate surface area is 116 Å². The van der Waals surface area contributed by atoms with Crippen LogP contribution in [-0.4, -0.2) is 26.4 Å². The first-order chi connectivity index (χ1) is 9.53. The number of hydrogen-bond acceptors (Lipinski definition) is 4. The Balaban J connectivity index is 2.16. The van der Waals surface area contributed by atoms with Crippen LogP contribution >= 0.6 is 0 Å². The molecule has 104 valence electrons. The highest BCUT2D eigenvalue weighted by Gasteiger charge is 2.12. The molecular formula is C13H13N3O3S. The van der Waals surface area contributed by atoms with Gasteiger partial charge in [0.15, 0.2) is 0 Å². The maximum Gasteiger partial charge on any atom is 0.255 e. The van der Waals surface area contributed by atoms with Crippen molar-refractivity contribution < 1.29 is 13.2 Å². The Morgan fingerprint density at radius 2 is 1.65 bits per heavy atom. The van der Waals surface area contributed by atoms with Crippen molar-refractivity contribution in [2.45, 2.75) is 4.90 Å². The first-order valence-corrected chi connectivity index (χ1v) is 7.26. The van der Waals surface area contributed by atoms with Gasteiger partial charge in [-0.25, -0.2) is 13.1 Å². The van der Waals surface area contributed by atoms with Crippen LogP contribution in [0.5, 0.6) is 0 Å². The number of nitrogens with zero attached hydrogens (tertiary/aromatic N) is 1. The van der Waals surface area contributed by atoms with Crippen LogP contribution in [-0.2, 0) is 10.0 Å². The number of hydrogen-bond donors (Lipinski definition) is 2. The number of pyridine rings is 1. The summed E-state index contributed by atoms with van der Waals surface area (Å²) in [7, 11) is -2.16. The van der Waals surface area contributed by atoms with Gasteiger partial charge in [0, 0.05) is 23.6 Å². The molecule has 0 aliphatic carbocycles. The number of carbonyl (C=O) groups excluding carboxylic acids is 1. The Morgan fingerprint density at radius 1 is 1.05 bits per heavy atom. The minimum atomic E-state index is -3.49. The minimum absolute atomic E-state index is 0.112. The molecule has 20 heavy (non-hydrogen) atoms. The maximum absolute atomic E-state index is 11.9. The summed E-state index contributed by atoms with van der Waals surface area (Å²) < 4.78 is 25.3. The Morgan fingerprint density at radius 3 is 2.20 bits per heavy atom. The standard InChI is InChI=1S/C13H13N3O3S/c1-14-20(18,19)12-4-2-10(3-5-12)13(17)16-11-6-8-15-9-7-11/h2-9,14H,1H3,(H,15,16,17). The average molecular weight is 291 g/mol. The predicted molar refractivity (Wildman–Crippen MR) is 74.9 cm³/mol. The molecule has 0 bridgehead atoms. The number of rotatable bonds is 4. The zero-order chi connectivity index (χ0) is 14.6. The lowest BCUT2D eigenvalue weighted by atomic mass is 10.2. The third-order valence-corrected chi connectivity index (χ3v) is 4.06. The van der Waals surface area contributed by atoms with E-state index in [0.717, 1.165) is 0 Å². The van der Waals surface area contributed by atoms with Crippen molar-refractivity contribution in [2.75, 3.05) is 12.4 Å². The maximum atomic E-state index is 11.9. The third kappa shape index (κ3) is 3.19. The summed E-state index contributed by atoms with van der Waals surface area (Å²) in [5.74, 6) is -0.315. The molecule has 6 nitrogen and oxygen atoms in total. The van der Waals surface area contributed by atoms with Crippen LogP contribution in [0.1, 0.15) is 10.4 Å². The second kappa shape index (κ2) is 5.81. The molecule has 1 amide bonds. The lowest BCUT2D eigenvalue weighted by Gasteiger charge is -2.06. The highest BCUT2D eigenvalue weighted by atomic mass is 32.2. The number of benzene rings is 1. The van der Waals surface area contributed by atoms with Gasteiger partial charge in [-0.2, -0.15) is 0 Å². The van der Waals surface area contributed by atoms with E-state index in [9.17, 15) is 13.2 Å². The zero-order valence-electron chi connectivity index (χ0n) is 10.7. The molecule has 0 radical (unpaired) electrons. The molecule has 7 heteroatoms. The Kier molecular flexibility index (Phi) is 4.11. The van der Waals surface area contributed by atoms with E-state index in [1.807, 2.05) is 0 Å². The summed E-state index contributed by atoms with van der Waals surface area (Å²) in [6.07, 6.45) is 3.14. The molecule has 0 saturated carbocycles. The van der Waals surface area contributed by atoms with E-state index in [2.05, 4.69) is 15.0 Å². The normalized spacial score (nSPS) is 11.1. The molecule has 1 aromatic carbocycles. The molecule has 0 atom stereocenters. The quantitative estimate of drug-likeness (QED) is 0.887. The van der Waals surface area contributed by atoms with Crippen LogP contribution < -0.4 is 10.0 Å². The van der Waals surface area contributed by atoms with Crippen molar-refractivity contribution in [3.63, 3.8) is 0 Å². The Bertz CT molecular complexity index is 697. The van der Waals surface area contributed by atoms with Crippen LogP contribution in [0.4, 0.5) is 5.69 Å². The monoisotopic (exact) mass is 291 g/mol. The molecule has 0 spiro atoms. The average Bonchev–Trinajstić information content (AvgIpc) is 2.48. The van der Waals surface area contributed by atoms with Crippen LogP contribution in [0.15, 0.2) is 53.7 Å². The van der Waals surface area contributed by atoms with E-state index in [0.29, 0.717) is 11.3 Å². The molecule has 0 fully saturated rings. The lowest BCUT2D eigenvalue weighted by molar-refractivity contribution is 0.102. The van der Waals surface area contributed by atoms with E-state index in [-0.39, 0.29) is 10.8 Å². The molecule has 1 heterocycles. The first-order valence-electron chi connectivity index (χ1n) is 5.78. The highest BCUT2D eigenvalue weighted by molar-refractivity contribution is 7.89. The number of sulfonamides is 1. The van der Waals surface area contributed by atoms with Crippen LogP contribution in [0.3, 0.4) is 0 Å². The summed E-state index contributed by atoms with van der Waals surface area (Å²) in [4.78, 5) is 15.9. The predicted octanol–water partition coefficient (Wildman–Crippen LogP) is 1.24. The van der Waals surface area contributed by atoms with E-state index < -0.39 is 10.0 Å². The van der Waals surface area contributed by atoms with Gasteiger partial charge in [0.05, 0.1) is 4.90 Å². The molecular weight excluding hydrogens is 278 g/mol. The van der Waals surface area contributed by atoms with Gasteiger partial charge in [-0.3, -0.25) is 9.78 Å². The van der Waals surface area contributed by atoms with Crippen molar-refractivity contribution in [3.05, 3.63) is 54.4 Å². The highest BCUT2D eigenvalue weighted by Crippen LogP contribution is 2.12. The summed E-state index contributed by atoms with van der Waals surface area (Å²) in [6.45, 7) is 0. The SMILES string of the molecule is CNS(=O)(=O)c1ccc(C(=O)Nc2ccncc2)cc1. The van der Waals surface area contributed by atoms with Crippen LogP contribution in [0, 0.1) is 0 Å². The molecule has 0 aliphatic heterocycles. The summed E-state index contributed by atoms with van der Waals surface area (Å²) in [5, 5.41) is 2.69. The largest absolute Gasteiger partial charge is 0.322 e. The zero-order valence-corrected chi connectivity index (χ0v) is 11.5. The van der Waals surface area contributed by atoms with Gasteiger partial charge < -0.3 is 5.32 Å². The molecule has 0 aliphatic rings. The topological polar surface area (TPSA) is 88.2 Å². The number of aromatic nitrogens is 1. The van der Waals surface area contributed by atoms with Crippen LogP contribution in [0.2, 0.25) is 0 Å². The summed E-state index contributed by atoms with van der Waals surface area (Å²) in [5.41, 5.74) is 0.994. The number of anilines is 1. The van der Waals surface area contributed by atoms with Gasteiger partial charge >= 0.3 is 0 Å². The fraction of sp³-hybridized carbons (Fsp3) is 0.0769. The van der Waals surface area contributed by atoms with Crippen molar-refractivity contribution in [1.82, 2.24) is 9.71 Å². The second-order valence-corrected chi connectivity index (χ2v) is 5.81. The first kappa shape index (κ1) is 14.2. The minimum Gasteiger partial charge on any atom is -0.322 e. The van der Waals surface area contributed by atoms with Crippen molar-refractivity contribution in [3.8, 4) is 0 Å². The smallest absolute Gasteiger partial charge is 0.255 e. The second-order valence-electron chi connectivity index (χ2n) is 3.92. The van der Waals surface area contributed by atoms with Gasteiger partial charge in [0.1, 0.15) is 0 Å². The van der Waals surface area contributed by atoms with Crippen molar-refractivity contribution >= 4 is 21.6 Å². The molecule has 2 rings (SSSR count). The summed E-state index contributed by atoms with van der Waals surface area (Å²) in [6, 6.07) is 9.01. The van der Waals surface area contributed by atoms with E-state index in [1.54, 1.807) is 24.5 Å². The van der Waals surface area contributed by atoms with Crippen molar-refractivity contribution in [1.29, 1.82) is 0 Å². The molecule has 0 unspecified atom stereocenters. The molecule has 1 aromatic heterocycles. The van der Waals surface area contributed by atoms with E-state index >= 15 is 0 Å². The van der Waals surface area contributed by atoms with Gasteiger partial charge in [-0.05, 0) is 43.4 Å². The third-order valence-electron chi connectivity index (χ3n) is 2.63. The fourth-order valence-electron chi connectivity index (χ4n) is 1.54. The van der Waals surface area contributed by atoms with E-state index in [4.69, 9.17) is 0 Å². The molecule has 0 saturated heterocycles. The van der Waals surface area contributed by atoms with Crippen LogP contribution in [0.25, 0.3) is 0 Å². The molecule has 2 aromatic rings. The van der Waals surface area contributed by atoms with Gasteiger partial charge in [0.25, 0.3) is 5.91 Å². The Hall–Kier alpha value is -2.25. The van der Waals surface area contributed by atoms with Gasteiger partial charge in [-0.15, -0.1) is 0 Å². The van der Waals surface area contributed by atoms with Crippen molar-refractivity contribution in [2.24, 2.45) is 0 Å². The van der Waals surface area contributed by atoms with Gasteiger partial charge in [0.2, 0.25) is 10.0 Å². The number of carbonyl (C=O) groups is 1. The lowest BCUT2D eigenvalue weighted by Crippen LogP contribution is -2.19. The van der Waals surface area contributed by atoms with E-state index in [1.165, 1.54) is 31.3 Å². The number of nitrogens with one attached hydrogen (secondary N) is 2. The number of amides is 1. The summed E-state index contributed by atoms with van der Waals surface area (Å²) >= 11 is 0. The fourth-order valence-corrected chi connectivity index (χ4v) is 2.27. The van der Waals surface area contributed by atoms with Gasteiger partial charge in [-0.1, -0.05) is 0 Å².